The van der Waals surface area contributed by atoms with Crippen LogP contribution in [-0.4, -0.2) is 36.0 Å². The second-order valence-electron chi connectivity index (χ2n) is 3.89. The van der Waals surface area contributed by atoms with Crippen molar-refractivity contribution in [3.63, 3.8) is 0 Å². The Morgan fingerprint density at radius 1 is 1.50 bits per heavy atom. The number of H-pyrrole nitrogens is 1. The quantitative estimate of drug-likeness (QED) is 0.825. The van der Waals surface area contributed by atoms with E-state index in [1.54, 1.807) is 0 Å². The van der Waals surface area contributed by atoms with E-state index in [1.165, 1.54) is 16.6 Å². The summed E-state index contributed by atoms with van der Waals surface area (Å²) < 4.78 is 25.7. The molecule has 0 saturated heterocycles. The Morgan fingerprint density at radius 2 is 2.19 bits per heavy atom. The zero-order chi connectivity index (χ0) is 12.2. The number of nitrogens with one attached hydrogen (secondary N) is 1. The van der Waals surface area contributed by atoms with E-state index in [1.807, 2.05) is 13.8 Å². The molecule has 1 rings (SSSR count). The Labute approximate surface area is 96.9 Å². The van der Waals surface area contributed by atoms with Gasteiger partial charge in [-0.3, -0.25) is 5.10 Å². The molecule has 0 fully saturated rings. The zero-order valence-electron chi connectivity index (χ0n) is 9.97. The van der Waals surface area contributed by atoms with Crippen LogP contribution in [-0.2, 0) is 10.0 Å². The van der Waals surface area contributed by atoms with Crippen molar-refractivity contribution < 1.29 is 8.42 Å². The first-order valence-corrected chi connectivity index (χ1v) is 6.95. The largest absolute Gasteiger partial charge is 0.266 e. The van der Waals surface area contributed by atoms with Crippen LogP contribution >= 0.6 is 0 Å². The van der Waals surface area contributed by atoms with Gasteiger partial charge in [0.1, 0.15) is 0 Å². The predicted octanol–water partition coefficient (Wildman–Crippen LogP) is 1.47. The summed E-state index contributed by atoms with van der Waals surface area (Å²) in [5.74, 6) is 0.359. The maximum atomic E-state index is 12.1. The highest BCUT2D eigenvalue weighted by molar-refractivity contribution is 7.89. The molecule has 0 aliphatic heterocycles. The van der Waals surface area contributed by atoms with E-state index < -0.39 is 10.0 Å². The second kappa shape index (κ2) is 5.45. The molecule has 0 aliphatic rings. The normalized spacial score (nSPS) is 14.2. The lowest BCUT2D eigenvalue weighted by Crippen LogP contribution is -2.34. The highest BCUT2D eigenvalue weighted by Gasteiger charge is 2.25. The first-order valence-electron chi connectivity index (χ1n) is 5.51. The lowest BCUT2D eigenvalue weighted by atomic mass is 10.1. The van der Waals surface area contributed by atoms with Crippen molar-refractivity contribution in [2.24, 2.45) is 5.92 Å². The van der Waals surface area contributed by atoms with E-state index in [4.69, 9.17) is 0 Å². The van der Waals surface area contributed by atoms with Gasteiger partial charge in [0.2, 0.25) is 0 Å². The number of hydrogen-bond donors (Lipinski definition) is 1. The van der Waals surface area contributed by atoms with Crippen LogP contribution in [0.15, 0.2) is 17.3 Å². The van der Waals surface area contributed by atoms with E-state index >= 15 is 0 Å². The number of aromatic amines is 1. The number of nitrogens with zero attached hydrogens (tertiary/aromatic N) is 2. The molecule has 1 N–H and O–H groups in total. The number of aromatic nitrogens is 2. The van der Waals surface area contributed by atoms with Crippen molar-refractivity contribution in [2.75, 3.05) is 13.1 Å². The number of rotatable bonds is 6. The Hall–Kier alpha value is -0.880. The van der Waals surface area contributed by atoms with E-state index in [-0.39, 0.29) is 5.03 Å². The monoisotopic (exact) mass is 245 g/mol. The van der Waals surface area contributed by atoms with Crippen LogP contribution in [0.25, 0.3) is 0 Å². The van der Waals surface area contributed by atoms with Gasteiger partial charge in [0, 0.05) is 13.1 Å². The average molecular weight is 245 g/mol. The van der Waals surface area contributed by atoms with Crippen LogP contribution in [0.4, 0.5) is 0 Å². The van der Waals surface area contributed by atoms with Crippen molar-refractivity contribution in [1.29, 1.82) is 0 Å². The van der Waals surface area contributed by atoms with Gasteiger partial charge in [-0.25, -0.2) is 8.42 Å². The van der Waals surface area contributed by atoms with E-state index in [0.717, 1.165) is 6.42 Å². The van der Waals surface area contributed by atoms with Gasteiger partial charge in [-0.1, -0.05) is 27.2 Å². The Morgan fingerprint density at radius 3 is 2.62 bits per heavy atom. The molecule has 1 unspecified atom stereocenters. The minimum atomic E-state index is -3.40. The molecular formula is C10H19N3O2S. The van der Waals surface area contributed by atoms with Gasteiger partial charge >= 0.3 is 0 Å². The van der Waals surface area contributed by atoms with Crippen LogP contribution in [0, 0.1) is 5.92 Å². The molecule has 5 nitrogen and oxygen atoms in total. The number of sulfonamides is 1. The Bertz CT molecular complexity index is 400. The molecular weight excluding hydrogens is 226 g/mol. The van der Waals surface area contributed by atoms with Crippen LogP contribution < -0.4 is 0 Å². The molecule has 0 radical (unpaired) electrons. The van der Waals surface area contributed by atoms with E-state index in [9.17, 15) is 8.42 Å². The first-order chi connectivity index (χ1) is 7.52. The predicted molar refractivity (Wildman–Crippen MR) is 62.5 cm³/mol. The fourth-order valence-corrected chi connectivity index (χ4v) is 2.87. The summed E-state index contributed by atoms with van der Waals surface area (Å²) in [6.07, 6.45) is 2.42. The molecule has 0 saturated carbocycles. The third kappa shape index (κ3) is 2.82. The van der Waals surface area contributed by atoms with Gasteiger partial charge in [0.25, 0.3) is 10.0 Å². The topological polar surface area (TPSA) is 66.1 Å². The second-order valence-corrected chi connectivity index (χ2v) is 5.80. The van der Waals surface area contributed by atoms with Crippen molar-refractivity contribution in [2.45, 2.75) is 32.2 Å². The maximum Gasteiger partial charge on any atom is 0.259 e. The average Bonchev–Trinajstić information content (AvgIpc) is 2.78. The summed E-state index contributed by atoms with van der Waals surface area (Å²) >= 11 is 0. The van der Waals surface area contributed by atoms with Crippen LogP contribution in [0.1, 0.15) is 27.2 Å². The highest BCUT2D eigenvalue weighted by atomic mass is 32.2. The third-order valence-electron chi connectivity index (χ3n) is 2.66. The summed E-state index contributed by atoms with van der Waals surface area (Å²) in [6, 6.07) is 1.48. The lowest BCUT2D eigenvalue weighted by molar-refractivity contribution is 0.360. The van der Waals surface area contributed by atoms with Gasteiger partial charge < -0.3 is 0 Å². The number of hydrogen-bond acceptors (Lipinski definition) is 3. The molecule has 1 aromatic heterocycles. The molecule has 0 amide bonds. The zero-order valence-corrected chi connectivity index (χ0v) is 10.8. The lowest BCUT2D eigenvalue weighted by Gasteiger charge is -2.22. The Kier molecular flexibility index (Phi) is 4.49. The van der Waals surface area contributed by atoms with Crippen LogP contribution in [0.3, 0.4) is 0 Å². The van der Waals surface area contributed by atoms with Crippen LogP contribution in [0.2, 0.25) is 0 Å². The van der Waals surface area contributed by atoms with Crippen molar-refractivity contribution in [1.82, 2.24) is 14.5 Å². The van der Waals surface area contributed by atoms with Gasteiger partial charge in [-0.15, -0.1) is 0 Å². The van der Waals surface area contributed by atoms with E-state index in [0.29, 0.717) is 19.0 Å². The SMILES string of the molecule is CCC(C)CN(CC)S(=O)(=O)c1ccn[nH]1. The molecule has 0 spiro atoms. The van der Waals surface area contributed by atoms with Crippen molar-refractivity contribution >= 4 is 10.0 Å². The van der Waals surface area contributed by atoms with Gasteiger partial charge in [0.05, 0.1) is 6.20 Å². The first kappa shape index (κ1) is 13.2. The summed E-state index contributed by atoms with van der Waals surface area (Å²) in [4.78, 5) is 0. The fourth-order valence-electron chi connectivity index (χ4n) is 1.40. The minimum Gasteiger partial charge on any atom is -0.266 e. The standard InChI is InChI=1S/C10H19N3O2S/c1-4-9(3)8-13(5-2)16(14,15)10-6-7-11-12-10/h6-7,9H,4-5,8H2,1-3H3,(H,11,12). The van der Waals surface area contributed by atoms with E-state index in [2.05, 4.69) is 17.1 Å². The Balaban J connectivity index is 2.88. The molecule has 6 heteroatoms. The summed E-state index contributed by atoms with van der Waals surface area (Å²) in [5.41, 5.74) is 0. The van der Waals surface area contributed by atoms with Crippen molar-refractivity contribution in [3.8, 4) is 0 Å². The van der Waals surface area contributed by atoms with Crippen molar-refractivity contribution in [3.05, 3.63) is 12.3 Å². The molecule has 0 bridgehead atoms. The molecule has 1 atom stereocenters. The molecule has 92 valence electrons. The van der Waals surface area contributed by atoms with Gasteiger partial charge in [-0.05, 0) is 12.0 Å². The fraction of sp³-hybridized carbons (Fsp3) is 0.700. The molecule has 1 heterocycles. The van der Waals surface area contributed by atoms with Gasteiger partial charge in [0.15, 0.2) is 5.03 Å². The highest BCUT2D eigenvalue weighted by Crippen LogP contribution is 2.15. The smallest absolute Gasteiger partial charge is 0.259 e. The molecule has 0 aliphatic carbocycles. The summed E-state index contributed by atoms with van der Waals surface area (Å²) in [5, 5.41) is 6.34. The maximum absolute atomic E-state index is 12.1. The molecule has 16 heavy (non-hydrogen) atoms. The molecule has 1 aromatic rings. The van der Waals surface area contributed by atoms with Gasteiger partial charge in [-0.2, -0.15) is 9.40 Å². The minimum absolute atomic E-state index is 0.164. The summed E-state index contributed by atoms with van der Waals surface area (Å²) in [6.45, 7) is 6.98. The van der Waals surface area contributed by atoms with Crippen LogP contribution in [0.5, 0.6) is 0 Å². The summed E-state index contributed by atoms with van der Waals surface area (Å²) in [7, 11) is -3.40. The third-order valence-corrected chi connectivity index (χ3v) is 4.53. The molecule has 0 aromatic carbocycles.